The topological polar surface area (TPSA) is 98.8 Å². The molecule has 2 unspecified atom stereocenters. The number of benzene rings is 1. The summed E-state index contributed by atoms with van der Waals surface area (Å²) in [6.07, 6.45) is 4.98. The summed E-state index contributed by atoms with van der Waals surface area (Å²) in [7, 11) is 0. The smallest absolute Gasteiger partial charge is 0.262 e. The summed E-state index contributed by atoms with van der Waals surface area (Å²) in [5, 5.41) is 5.68. The van der Waals surface area contributed by atoms with Gasteiger partial charge in [0.1, 0.15) is 6.04 Å². The lowest BCUT2D eigenvalue weighted by atomic mass is 9.88. The number of carbonyl (C=O) groups is 4. The Morgan fingerprint density at radius 1 is 0.968 bits per heavy atom. The van der Waals surface area contributed by atoms with E-state index in [1.54, 1.807) is 6.07 Å². The van der Waals surface area contributed by atoms with Crippen LogP contribution in [0, 0.1) is 5.92 Å². The fourth-order valence-corrected chi connectivity index (χ4v) is 5.75. The quantitative estimate of drug-likeness (QED) is 0.701. The van der Waals surface area contributed by atoms with Gasteiger partial charge in [-0.1, -0.05) is 12.1 Å². The standard InChI is InChI=1S/C23H28N4O4/c28-19-7-6-18(21(29)25-19)27-22(30)16-4-1-3-15(20(16)23(27)31)13-26-12-2-5-17(26)14-8-10-24-11-9-14/h1,3-4,14,17-18,24H,2,5-13H2,(H,25,28,29). The first-order valence-electron chi connectivity index (χ1n) is 11.3. The number of nitrogens with one attached hydrogen (secondary N) is 2. The first-order chi connectivity index (χ1) is 15.0. The van der Waals surface area contributed by atoms with Crippen LogP contribution in [0.4, 0.5) is 0 Å². The van der Waals surface area contributed by atoms with E-state index in [9.17, 15) is 19.2 Å². The summed E-state index contributed by atoms with van der Waals surface area (Å²) < 4.78 is 0. The molecule has 0 radical (unpaired) electrons. The molecule has 8 nitrogen and oxygen atoms in total. The van der Waals surface area contributed by atoms with Crippen LogP contribution < -0.4 is 10.6 Å². The van der Waals surface area contributed by atoms with Crippen LogP contribution in [0.25, 0.3) is 0 Å². The van der Waals surface area contributed by atoms with Crippen LogP contribution in [-0.4, -0.2) is 65.1 Å². The molecular weight excluding hydrogens is 396 g/mol. The molecule has 4 aliphatic heterocycles. The maximum atomic E-state index is 13.3. The van der Waals surface area contributed by atoms with E-state index in [0.717, 1.165) is 36.5 Å². The summed E-state index contributed by atoms with van der Waals surface area (Å²) in [6, 6.07) is 5.00. The second-order valence-electron chi connectivity index (χ2n) is 9.05. The molecule has 0 spiro atoms. The van der Waals surface area contributed by atoms with Gasteiger partial charge in [0.15, 0.2) is 0 Å². The molecule has 0 bridgehead atoms. The Labute approximate surface area is 181 Å². The predicted molar refractivity (Wildman–Crippen MR) is 112 cm³/mol. The first-order valence-corrected chi connectivity index (χ1v) is 11.3. The molecule has 2 atom stereocenters. The van der Waals surface area contributed by atoms with E-state index in [1.807, 2.05) is 12.1 Å². The molecule has 1 aromatic rings. The van der Waals surface area contributed by atoms with Crippen molar-refractivity contribution < 1.29 is 19.2 Å². The summed E-state index contributed by atoms with van der Waals surface area (Å²) in [6.45, 7) is 3.75. The number of nitrogens with zero attached hydrogens (tertiary/aromatic N) is 2. The summed E-state index contributed by atoms with van der Waals surface area (Å²) in [5.41, 5.74) is 1.64. The fourth-order valence-electron chi connectivity index (χ4n) is 5.75. The van der Waals surface area contributed by atoms with Crippen LogP contribution >= 0.6 is 0 Å². The van der Waals surface area contributed by atoms with E-state index in [1.165, 1.54) is 19.3 Å². The van der Waals surface area contributed by atoms with Crippen molar-refractivity contribution in [2.75, 3.05) is 19.6 Å². The van der Waals surface area contributed by atoms with Crippen molar-refractivity contribution >= 4 is 23.6 Å². The minimum Gasteiger partial charge on any atom is -0.317 e. The van der Waals surface area contributed by atoms with E-state index in [0.29, 0.717) is 29.6 Å². The Morgan fingerprint density at radius 3 is 2.55 bits per heavy atom. The number of amides is 4. The lowest BCUT2D eigenvalue weighted by Gasteiger charge is -2.34. The zero-order chi connectivity index (χ0) is 21.5. The van der Waals surface area contributed by atoms with Crippen molar-refractivity contribution in [1.29, 1.82) is 0 Å². The number of rotatable bonds is 4. The van der Waals surface area contributed by atoms with E-state index >= 15 is 0 Å². The minimum absolute atomic E-state index is 0.127. The Kier molecular flexibility index (Phi) is 5.35. The highest BCUT2D eigenvalue weighted by Gasteiger charge is 2.45. The van der Waals surface area contributed by atoms with E-state index in [-0.39, 0.29) is 18.7 Å². The normalized spacial score (nSPS) is 27.7. The molecule has 4 amide bonds. The zero-order valence-electron chi connectivity index (χ0n) is 17.6. The molecule has 3 saturated heterocycles. The SMILES string of the molecule is O=C1CCC(N2C(=O)c3cccc(CN4CCCC4C4CCNCC4)c3C2=O)C(=O)N1. The molecule has 164 valence electrons. The average Bonchev–Trinajstić information content (AvgIpc) is 3.33. The lowest BCUT2D eigenvalue weighted by Crippen LogP contribution is -2.54. The van der Waals surface area contributed by atoms with E-state index in [4.69, 9.17) is 0 Å². The summed E-state index contributed by atoms with van der Waals surface area (Å²) in [4.78, 5) is 53.7. The molecule has 0 aliphatic carbocycles. The van der Waals surface area contributed by atoms with Gasteiger partial charge in [0.25, 0.3) is 11.8 Å². The van der Waals surface area contributed by atoms with Gasteiger partial charge >= 0.3 is 0 Å². The zero-order valence-corrected chi connectivity index (χ0v) is 17.6. The third kappa shape index (κ3) is 3.57. The van der Waals surface area contributed by atoms with Crippen molar-refractivity contribution in [3.63, 3.8) is 0 Å². The van der Waals surface area contributed by atoms with Crippen molar-refractivity contribution in [2.45, 2.75) is 57.2 Å². The molecule has 4 heterocycles. The number of imide groups is 2. The van der Waals surface area contributed by atoms with Crippen LogP contribution in [0.5, 0.6) is 0 Å². The summed E-state index contributed by atoms with van der Waals surface area (Å²) >= 11 is 0. The molecule has 1 aromatic carbocycles. The maximum Gasteiger partial charge on any atom is 0.262 e. The molecular formula is C23H28N4O4. The number of hydrogen-bond acceptors (Lipinski definition) is 6. The van der Waals surface area contributed by atoms with Gasteiger partial charge in [0, 0.05) is 19.0 Å². The highest BCUT2D eigenvalue weighted by atomic mass is 16.2. The lowest BCUT2D eigenvalue weighted by molar-refractivity contribution is -0.136. The minimum atomic E-state index is -0.924. The molecule has 2 N–H and O–H groups in total. The van der Waals surface area contributed by atoms with Crippen LogP contribution in [0.15, 0.2) is 18.2 Å². The van der Waals surface area contributed by atoms with Gasteiger partial charge in [-0.25, -0.2) is 0 Å². The van der Waals surface area contributed by atoms with E-state index < -0.39 is 23.8 Å². The van der Waals surface area contributed by atoms with Crippen LogP contribution in [-0.2, 0) is 16.1 Å². The van der Waals surface area contributed by atoms with Gasteiger partial charge in [0.2, 0.25) is 11.8 Å². The highest BCUT2D eigenvalue weighted by Crippen LogP contribution is 2.34. The molecule has 3 fully saturated rings. The Hall–Kier alpha value is -2.58. The Bertz CT molecular complexity index is 940. The van der Waals surface area contributed by atoms with Gasteiger partial charge < -0.3 is 5.32 Å². The van der Waals surface area contributed by atoms with Crippen LogP contribution in [0.1, 0.15) is 64.8 Å². The van der Waals surface area contributed by atoms with Crippen molar-refractivity contribution in [2.24, 2.45) is 5.92 Å². The molecule has 4 aliphatic rings. The molecule has 8 heteroatoms. The largest absolute Gasteiger partial charge is 0.317 e. The molecule has 31 heavy (non-hydrogen) atoms. The molecule has 0 aromatic heterocycles. The average molecular weight is 425 g/mol. The second-order valence-corrected chi connectivity index (χ2v) is 9.05. The van der Waals surface area contributed by atoms with Crippen molar-refractivity contribution in [3.8, 4) is 0 Å². The number of hydrogen-bond donors (Lipinski definition) is 2. The number of fused-ring (bicyclic) bond motifs is 1. The van der Waals surface area contributed by atoms with Crippen molar-refractivity contribution in [3.05, 3.63) is 34.9 Å². The second kappa shape index (κ2) is 8.16. The third-order valence-electron chi connectivity index (χ3n) is 7.27. The van der Waals surface area contributed by atoms with Crippen LogP contribution in [0.2, 0.25) is 0 Å². The van der Waals surface area contributed by atoms with Crippen LogP contribution in [0.3, 0.4) is 0 Å². The Morgan fingerprint density at radius 2 is 1.77 bits per heavy atom. The summed E-state index contributed by atoms with van der Waals surface area (Å²) in [5.74, 6) is -1.12. The van der Waals surface area contributed by atoms with Gasteiger partial charge in [-0.05, 0) is 69.3 Å². The van der Waals surface area contributed by atoms with Crippen molar-refractivity contribution in [1.82, 2.24) is 20.4 Å². The Balaban J connectivity index is 1.39. The van der Waals surface area contributed by atoms with Gasteiger partial charge in [-0.3, -0.25) is 34.3 Å². The fraction of sp³-hybridized carbons (Fsp3) is 0.565. The maximum absolute atomic E-state index is 13.3. The van der Waals surface area contributed by atoms with Gasteiger partial charge in [-0.15, -0.1) is 0 Å². The number of piperidine rings is 2. The number of carbonyl (C=O) groups excluding carboxylic acids is 4. The monoisotopic (exact) mass is 424 g/mol. The molecule has 5 rings (SSSR count). The van der Waals surface area contributed by atoms with Gasteiger partial charge in [0.05, 0.1) is 11.1 Å². The third-order valence-corrected chi connectivity index (χ3v) is 7.27. The predicted octanol–water partition coefficient (Wildman–Crippen LogP) is 1.05. The first kappa shape index (κ1) is 20.3. The molecule has 0 saturated carbocycles. The number of likely N-dealkylation sites (tertiary alicyclic amines) is 1. The van der Waals surface area contributed by atoms with E-state index in [2.05, 4.69) is 15.5 Å². The highest BCUT2D eigenvalue weighted by molar-refractivity contribution is 6.24. The van der Waals surface area contributed by atoms with Gasteiger partial charge in [-0.2, -0.15) is 0 Å².